The van der Waals surface area contributed by atoms with Crippen molar-refractivity contribution in [3.63, 3.8) is 0 Å². The molecule has 0 aromatic rings. The van der Waals surface area contributed by atoms with Crippen molar-refractivity contribution in [2.45, 2.75) is 129 Å². The Bertz CT molecular complexity index is 700. The number of aliphatic hydroxyl groups is 2. The van der Waals surface area contributed by atoms with Crippen molar-refractivity contribution in [3.8, 4) is 0 Å². The van der Waals surface area contributed by atoms with Crippen LogP contribution in [0.1, 0.15) is 111 Å². The summed E-state index contributed by atoms with van der Waals surface area (Å²) in [5, 5.41) is 21.2. The highest BCUT2D eigenvalue weighted by molar-refractivity contribution is 5.28. The van der Waals surface area contributed by atoms with E-state index in [-0.39, 0.29) is 17.6 Å². The molecule has 33 heavy (non-hydrogen) atoms. The van der Waals surface area contributed by atoms with Crippen LogP contribution in [0.3, 0.4) is 0 Å². The van der Waals surface area contributed by atoms with E-state index in [2.05, 4.69) is 39.8 Å². The van der Waals surface area contributed by atoms with Gasteiger partial charge in [0.25, 0.3) is 0 Å². The third-order valence-corrected chi connectivity index (χ3v) is 10.5. The molecular formula is C30H50O3. The second kappa shape index (κ2) is 10.5. The quantitative estimate of drug-likeness (QED) is 0.367. The first-order valence-electron chi connectivity index (χ1n) is 14.2. The molecule has 4 aliphatic rings. The summed E-state index contributed by atoms with van der Waals surface area (Å²) in [7, 11) is 0. The number of allylic oxidation sites excluding steroid dienone is 3. The van der Waals surface area contributed by atoms with Gasteiger partial charge in [0, 0.05) is 12.0 Å². The van der Waals surface area contributed by atoms with E-state index in [1.54, 1.807) is 5.57 Å². The number of rotatable bonds is 9. The predicted molar refractivity (Wildman–Crippen MR) is 136 cm³/mol. The van der Waals surface area contributed by atoms with Crippen molar-refractivity contribution < 1.29 is 14.9 Å². The van der Waals surface area contributed by atoms with Gasteiger partial charge in [-0.15, -0.1) is 0 Å². The van der Waals surface area contributed by atoms with Crippen LogP contribution < -0.4 is 0 Å². The summed E-state index contributed by atoms with van der Waals surface area (Å²) in [6.45, 7) is 10.4. The first kappa shape index (κ1) is 25.5. The van der Waals surface area contributed by atoms with Crippen molar-refractivity contribution in [1.29, 1.82) is 0 Å². The van der Waals surface area contributed by atoms with Gasteiger partial charge in [-0.1, -0.05) is 56.9 Å². The first-order chi connectivity index (χ1) is 15.8. The highest BCUT2D eigenvalue weighted by Crippen LogP contribution is 2.59. The van der Waals surface area contributed by atoms with Crippen LogP contribution in [0.15, 0.2) is 23.3 Å². The molecule has 2 unspecified atom stereocenters. The zero-order valence-electron chi connectivity index (χ0n) is 21.8. The van der Waals surface area contributed by atoms with E-state index in [1.807, 2.05) is 0 Å². The number of hydrogen-bond acceptors (Lipinski definition) is 3. The van der Waals surface area contributed by atoms with Crippen LogP contribution in [0.2, 0.25) is 0 Å². The molecule has 0 saturated heterocycles. The molecule has 1 spiro atoms. The molecule has 6 atom stereocenters. The van der Waals surface area contributed by atoms with Gasteiger partial charge in [0.2, 0.25) is 0 Å². The fourth-order valence-corrected chi connectivity index (χ4v) is 7.89. The lowest BCUT2D eigenvalue weighted by atomic mass is 9.62. The fourth-order valence-electron chi connectivity index (χ4n) is 7.89. The zero-order chi connectivity index (χ0) is 23.6. The van der Waals surface area contributed by atoms with Crippen molar-refractivity contribution in [1.82, 2.24) is 0 Å². The van der Waals surface area contributed by atoms with Crippen molar-refractivity contribution >= 4 is 0 Å². The van der Waals surface area contributed by atoms with Gasteiger partial charge in [0.05, 0.1) is 18.3 Å². The van der Waals surface area contributed by atoms with Crippen LogP contribution in [0.4, 0.5) is 0 Å². The van der Waals surface area contributed by atoms with E-state index < -0.39 is 0 Å². The van der Waals surface area contributed by atoms with E-state index in [0.29, 0.717) is 23.4 Å². The minimum absolute atomic E-state index is 0.170. The predicted octanol–water partition coefficient (Wildman–Crippen LogP) is 6.97. The SMILES string of the molecule is CCC(CC)CCCO[C@H](C)[C@H]1CCC2C(=CC=C3C[C@@H](O)C4(CC4)[C@H](O)C3)CCCC21C. The van der Waals surface area contributed by atoms with E-state index in [4.69, 9.17) is 4.74 Å². The van der Waals surface area contributed by atoms with Gasteiger partial charge in [0.1, 0.15) is 0 Å². The Balaban J connectivity index is 1.35. The van der Waals surface area contributed by atoms with E-state index in [9.17, 15) is 10.2 Å². The third kappa shape index (κ3) is 5.16. The van der Waals surface area contributed by atoms with Crippen LogP contribution >= 0.6 is 0 Å². The maximum Gasteiger partial charge on any atom is 0.0658 e. The van der Waals surface area contributed by atoms with E-state index in [0.717, 1.165) is 38.2 Å². The molecule has 0 amide bonds. The minimum Gasteiger partial charge on any atom is -0.392 e. The summed E-state index contributed by atoms with van der Waals surface area (Å²) in [4.78, 5) is 0. The van der Waals surface area contributed by atoms with E-state index >= 15 is 0 Å². The van der Waals surface area contributed by atoms with Gasteiger partial charge >= 0.3 is 0 Å². The zero-order valence-corrected chi connectivity index (χ0v) is 21.8. The maximum atomic E-state index is 10.6. The van der Waals surface area contributed by atoms with Crippen LogP contribution in [0.25, 0.3) is 0 Å². The van der Waals surface area contributed by atoms with Crippen LogP contribution in [-0.2, 0) is 4.74 Å². The number of fused-ring (bicyclic) bond motifs is 1. The van der Waals surface area contributed by atoms with Crippen LogP contribution in [0.5, 0.6) is 0 Å². The lowest BCUT2D eigenvalue weighted by Gasteiger charge is -2.44. The summed E-state index contributed by atoms with van der Waals surface area (Å²) in [6, 6.07) is 0. The topological polar surface area (TPSA) is 49.7 Å². The highest BCUT2D eigenvalue weighted by atomic mass is 16.5. The van der Waals surface area contributed by atoms with Crippen molar-refractivity contribution in [2.24, 2.45) is 28.6 Å². The van der Waals surface area contributed by atoms with Crippen molar-refractivity contribution in [2.75, 3.05) is 6.61 Å². The summed E-state index contributed by atoms with van der Waals surface area (Å²) >= 11 is 0. The summed E-state index contributed by atoms with van der Waals surface area (Å²) < 4.78 is 6.43. The Morgan fingerprint density at radius 2 is 1.73 bits per heavy atom. The summed E-state index contributed by atoms with van der Waals surface area (Å²) in [5.41, 5.74) is 3.02. The molecule has 4 aliphatic carbocycles. The number of aliphatic hydroxyl groups excluding tert-OH is 2. The van der Waals surface area contributed by atoms with Gasteiger partial charge in [-0.3, -0.25) is 0 Å². The average molecular weight is 459 g/mol. The molecule has 4 rings (SSSR count). The highest BCUT2D eigenvalue weighted by Gasteiger charge is 2.56. The van der Waals surface area contributed by atoms with Gasteiger partial charge in [-0.05, 0) is 101 Å². The Morgan fingerprint density at radius 1 is 1.03 bits per heavy atom. The van der Waals surface area contributed by atoms with Gasteiger partial charge in [-0.25, -0.2) is 0 Å². The molecule has 0 radical (unpaired) electrons. The largest absolute Gasteiger partial charge is 0.392 e. The maximum absolute atomic E-state index is 10.6. The number of hydrogen-bond donors (Lipinski definition) is 2. The second-order valence-electron chi connectivity index (χ2n) is 12.2. The van der Waals surface area contributed by atoms with Crippen LogP contribution in [-0.4, -0.2) is 35.1 Å². The molecule has 3 heteroatoms. The normalized spacial score (nSPS) is 37.5. The number of ether oxygens (including phenoxy) is 1. The molecule has 3 nitrogen and oxygen atoms in total. The molecule has 0 aromatic heterocycles. The molecule has 188 valence electrons. The van der Waals surface area contributed by atoms with Crippen LogP contribution in [0, 0.1) is 28.6 Å². The third-order valence-electron chi connectivity index (χ3n) is 10.5. The van der Waals surface area contributed by atoms with Gasteiger partial charge in [0.15, 0.2) is 0 Å². The molecule has 0 aromatic carbocycles. The molecule has 2 N–H and O–H groups in total. The molecule has 4 saturated carbocycles. The minimum atomic E-state index is -0.360. The lowest BCUT2D eigenvalue weighted by molar-refractivity contribution is -0.0269. The molecule has 4 fully saturated rings. The summed E-state index contributed by atoms with van der Waals surface area (Å²) in [6.07, 6.45) is 19.2. The summed E-state index contributed by atoms with van der Waals surface area (Å²) in [5.74, 6) is 2.18. The van der Waals surface area contributed by atoms with E-state index in [1.165, 1.54) is 63.4 Å². The monoisotopic (exact) mass is 458 g/mol. The fraction of sp³-hybridized carbons (Fsp3) is 0.867. The van der Waals surface area contributed by atoms with Crippen molar-refractivity contribution in [3.05, 3.63) is 23.3 Å². The molecule has 0 heterocycles. The standard InChI is InChI=1S/C30H50O3/c1-5-22(6-2)9-8-18-33-21(3)25-13-14-26-24(10-7-15-29(25,26)4)12-11-23-19-27(31)30(16-17-30)28(32)20-23/h11-12,21-22,25-28,31-32H,5-10,13-20H2,1-4H3/t21-,25-,26?,27-,28-,29?/m1/s1. The first-order valence-corrected chi connectivity index (χ1v) is 14.2. The molecular weight excluding hydrogens is 408 g/mol. The Hall–Kier alpha value is -0.640. The molecule has 0 aliphatic heterocycles. The Morgan fingerprint density at radius 3 is 2.36 bits per heavy atom. The van der Waals surface area contributed by atoms with Gasteiger partial charge < -0.3 is 14.9 Å². The smallest absolute Gasteiger partial charge is 0.0658 e. The second-order valence-corrected chi connectivity index (χ2v) is 12.2. The lowest BCUT2D eigenvalue weighted by Crippen LogP contribution is -2.39. The average Bonchev–Trinajstić information content (AvgIpc) is 3.52. The molecule has 0 bridgehead atoms. The van der Waals surface area contributed by atoms with Gasteiger partial charge in [-0.2, -0.15) is 0 Å². The Kier molecular flexibility index (Phi) is 8.13. The Labute approximate surface area is 203 Å².